The minimum atomic E-state index is 0.391. The number of oxime groups is 1. The highest BCUT2D eigenvalue weighted by Gasteiger charge is 2.04. The van der Waals surface area contributed by atoms with Crippen LogP contribution in [0.25, 0.3) is 0 Å². The molecule has 1 aromatic carbocycles. The van der Waals surface area contributed by atoms with Gasteiger partial charge in [-0.25, -0.2) is 0 Å². The van der Waals surface area contributed by atoms with Crippen molar-refractivity contribution in [3.05, 3.63) is 36.4 Å². The first kappa shape index (κ1) is 12.1. The fourth-order valence-corrected chi connectivity index (χ4v) is 1.21. The Morgan fingerprint density at radius 1 is 1.44 bits per heavy atom. The van der Waals surface area contributed by atoms with Gasteiger partial charge in [-0.05, 0) is 19.1 Å². The molecule has 0 radical (unpaired) electrons. The predicted molar refractivity (Wildman–Crippen MR) is 62.7 cm³/mol. The molecule has 0 aromatic heterocycles. The maximum atomic E-state index is 8.50. The van der Waals surface area contributed by atoms with Crippen LogP contribution in [0.4, 0.5) is 0 Å². The van der Waals surface area contributed by atoms with E-state index in [1.807, 2.05) is 6.92 Å². The molecule has 0 saturated carbocycles. The Morgan fingerprint density at radius 2 is 2.25 bits per heavy atom. The van der Waals surface area contributed by atoms with Crippen LogP contribution in [0.5, 0.6) is 11.5 Å². The fourth-order valence-electron chi connectivity index (χ4n) is 1.21. The standard InChI is InChI=1S/C12H15NO3/c1-3-7-16-12-8-11(15-4-2)6-5-10(12)9-13-14/h3,5-6,8-9,14H,1,4,7H2,2H3. The van der Waals surface area contributed by atoms with Crippen molar-refractivity contribution >= 4 is 6.21 Å². The topological polar surface area (TPSA) is 51.0 Å². The predicted octanol–water partition coefficient (Wildman–Crippen LogP) is 2.46. The smallest absolute Gasteiger partial charge is 0.132 e. The van der Waals surface area contributed by atoms with Gasteiger partial charge in [0.25, 0.3) is 0 Å². The Balaban J connectivity index is 2.95. The van der Waals surface area contributed by atoms with Gasteiger partial charge in [0.05, 0.1) is 12.8 Å². The summed E-state index contributed by atoms with van der Waals surface area (Å²) in [6.45, 7) is 6.46. The summed E-state index contributed by atoms with van der Waals surface area (Å²) in [6.07, 6.45) is 2.96. The van der Waals surface area contributed by atoms with Crippen LogP contribution in [0.15, 0.2) is 36.0 Å². The molecule has 4 heteroatoms. The number of ether oxygens (including phenoxy) is 2. The summed E-state index contributed by atoms with van der Waals surface area (Å²) in [5.74, 6) is 1.32. The number of benzene rings is 1. The van der Waals surface area contributed by atoms with Gasteiger partial charge in [-0.3, -0.25) is 0 Å². The van der Waals surface area contributed by atoms with Crippen molar-refractivity contribution in [3.8, 4) is 11.5 Å². The van der Waals surface area contributed by atoms with Crippen molar-refractivity contribution < 1.29 is 14.7 Å². The monoisotopic (exact) mass is 221 g/mol. The molecule has 0 aliphatic rings. The maximum Gasteiger partial charge on any atom is 0.132 e. The van der Waals surface area contributed by atoms with E-state index in [0.717, 1.165) is 5.75 Å². The van der Waals surface area contributed by atoms with Crippen LogP contribution < -0.4 is 9.47 Å². The highest BCUT2D eigenvalue weighted by molar-refractivity contribution is 5.83. The highest BCUT2D eigenvalue weighted by atomic mass is 16.5. The van der Waals surface area contributed by atoms with E-state index in [2.05, 4.69) is 11.7 Å². The van der Waals surface area contributed by atoms with Gasteiger partial charge < -0.3 is 14.7 Å². The van der Waals surface area contributed by atoms with Crippen molar-refractivity contribution in [1.29, 1.82) is 0 Å². The van der Waals surface area contributed by atoms with Crippen LogP contribution >= 0.6 is 0 Å². The van der Waals surface area contributed by atoms with E-state index in [-0.39, 0.29) is 0 Å². The lowest BCUT2D eigenvalue weighted by atomic mass is 10.2. The molecule has 0 amide bonds. The molecule has 0 bridgehead atoms. The molecular weight excluding hydrogens is 206 g/mol. The van der Waals surface area contributed by atoms with Crippen LogP contribution in [0.3, 0.4) is 0 Å². The number of rotatable bonds is 6. The van der Waals surface area contributed by atoms with Crippen molar-refractivity contribution in [2.75, 3.05) is 13.2 Å². The van der Waals surface area contributed by atoms with E-state index < -0.39 is 0 Å². The molecule has 4 nitrogen and oxygen atoms in total. The zero-order valence-electron chi connectivity index (χ0n) is 9.22. The first-order valence-electron chi connectivity index (χ1n) is 4.99. The lowest BCUT2D eigenvalue weighted by Crippen LogP contribution is -1.99. The average molecular weight is 221 g/mol. The van der Waals surface area contributed by atoms with Crippen LogP contribution in [0.2, 0.25) is 0 Å². The SMILES string of the molecule is C=CCOc1cc(OCC)ccc1C=NO. The average Bonchev–Trinajstić information content (AvgIpc) is 2.30. The summed E-state index contributed by atoms with van der Waals surface area (Å²) in [5, 5.41) is 11.5. The summed E-state index contributed by atoms with van der Waals surface area (Å²) in [4.78, 5) is 0. The van der Waals surface area contributed by atoms with Crippen LogP contribution in [-0.4, -0.2) is 24.6 Å². The lowest BCUT2D eigenvalue weighted by molar-refractivity contribution is 0.320. The summed E-state index contributed by atoms with van der Waals surface area (Å²) in [7, 11) is 0. The Hall–Kier alpha value is -1.97. The molecule has 0 atom stereocenters. The normalized spacial score (nSPS) is 10.3. The molecule has 1 rings (SSSR count). The van der Waals surface area contributed by atoms with Gasteiger partial charge in [0.15, 0.2) is 0 Å². The molecule has 0 unspecified atom stereocenters. The van der Waals surface area contributed by atoms with Crippen molar-refractivity contribution in [1.82, 2.24) is 0 Å². The van der Waals surface area contributed by atoms with E-state index >= 15 is 0 Å². The second-order valence-electron chi connectivity index (χ2n) is 2.98. The minimum absolute atomic E-state index is 0.391. The van der Waals surface area contributed by atoms with E-state index in [0.29, 0.717) is 24.5 Å². The number of nitrogens with zero attached hydrogens (tertiary/aromatic N) is 1. The van der Waals surface area contributed by atoms with Crippen LogP contribution in [0.1, 0.15) is 12.5 Å². The largest absolute Gasteiger partial charge is 0.494 e. The Kier molecular flexibility index (Phi) is 4.92. The van der Waals surface area contributed by atoms with Crippen molar-refractivity contribution in [2.24, 2.45) is 5.16 Å². The van der Waals surface area contributed by atoms with E-state index in [1.54, 1.807) is 24.3 Å². The summed E-state index contributed by atoms with van der Waals surface area (Å²) in [5.41, 5.74) is 0.688. The molecule has 0 heterocycles. The molecule has 0 fully saturated rings. The molecular formula is C12H15NO3. The van der Waals surface area contributed by atoms with Gasteiger partial charge in [-0.15, -0.1) is 0 Å². The van der Waals surface area contributed by atoms with Gasteiger partial charge >= 0.3 is 0 Å². The summed E-state index contributed by atoms with van der Waals surface area (Å²) >= 11 is 0. The Morgan fingerprint density at radius 3 is 2.88 bits per heavy atom. The van der Waals surface area contributed by atoms with Gasteiger partial charge in [0.2, 0.25) is 0 Å². The first-order chi connectivity index (χ1) is 7.81. The van der Waals surface area contributed by atoms with E-state index in [1.165, 1.54) is 6.21 Å². The zero-order valence-corrected chi connectivity index (χ0v) is 9.22. The number of hydrogen-bond donors (Lipinski definition) is 1. The van der Waals surface area contributed by atoms with Gasteiger partial charge in [0.1, 0.15) is 18.1 Å². The minimum Gasteiger partial charge on any atom is -0.494 e. The van der Waals surface area contributed by atoms with Gasteiger partial charge in [-0.1, -0.05) is 17.8 Å². The van der Waals surface area contributed by atoms with E-state index in [9.17, 15) is 0 Å². The molecule has 1 N–H and O–H groups in total. The maximum absolute atomic E-state index is 8.50. The molecule has 16 heavy (non-hydrogen) atoms. The Labute approximate surface area is 94.8 Å². The molecule has 0 spiro atoms. The Bertz CT molecular complexity index is 375. The third-order valence-corrected chi connectivity index (χ3v) is 1.85. The second kappa shape index (κ2) is 6.50. The summed E-state index contributed by atoms with van der Waals surface area (Å²) in [6, 6.07) is 5.31. The molecule has 1 aromatic rings. The van der Waals surface area contributed by atoms with Crippen molar-refractivity contribution in [2.45, 2.75) is 6.92 Å². The quantitative estimate of drug-likeness (QED) is 0.347. The van der Waals surface area contributed by atoms with Gasteiger partial charge in [0, 0.05) is 11.6 Å². The fraction of sp³-hybridized carbons (Fsp3) is 0.250. The molecule has 0 aliphatic carbocycles. The zero-order chi connectivity index (χ0) is 11.8. The first-order valence-corrected chi connectivity index (χ1v) is 4.99. The third kappa shape index (κ3) is 3.31. The van der Waals surface area contributed by atoms with Gasteiger partial charge in [-0.2, -0.15) is 0 Å². The van der Waals surface area contributed by atoms with Crippen LogP contribution in [0, 0.1) is 0 Å². The van der Waals surface area contributed by atoms with E-state index in [4.69, 9.17) is 14.7 Å². The second-order valence-corrected chi connectivity index (χ2v) is 2.98. The molecule has 0 aliphatic heterocycles. The highest BCUT2D eigenvalue weighted by Crippen LogP contribution is 2.23. The third-order valence-electron chi connectivity index (χ3n) is 1.85. The summed E-state index contributed by atoms with van der Waals surface area (Å²) < 4.78 is 10.8. The van der Waals surface area contributed by atoms with Crippen molar-refractivity contribution in [3.63, 3.8) is 0 Å². The van der Waals surface area contributed by atoms with Crippen LogP contribution in [-0.2, 0) is 0 Å². The lowest BCUT2D eigenvalue weighted by Gasteiger charge is -2.09. The number of hydrogen-bond acceptors (Lipinski definition) is 4. The molecule has 86 valence electrons. The molecule has 0 saturated heterocycles.